The van der Waals surface area contributed by atoms with Crippen LogP contribution in [0.3, 0.4) is 0 Å². The van der Waals surface area contributed by atoms with E-state index in [0.717, 1.165) is 0 Å². The number of carboxylic acids is 1. The van der Waals surface area contributed by atoms with Crippen molar-refractivity contribution in [1.29, 1.82) is 0 Å². The molecule has 8 heteroatoms. The molecular weight excluding hydrogens is 262 g/mol. The first-order valence-electron chi connectivity index (χ1n) is 6.42. The van der Waals surface area contributed by atoms with Crippen LogP contribution >= 0.6 is 0 Å². The van der Waals surface area contributed by atoms with Crippen LogP contribution in [-0.4, -0.2) is 55.6 Å². The quantitative estimate of drug-likeness (QED) is 0.743. The van der Waals surface area contributed by atoms with Crippen molar-refractivity contribution in [1.82, 2.24) is 25.2 Å². The zero-order chi connectivity index (χ0) is 15.2. The predicted octanol–water partition coefficient (Wildman–Crippen LogP) is 0.563. The van der Waals surface area contributed by atoms with Gasteiger partial charge in [0.25, 0.3) is 0 Å². The maximum Gasteiger partial charge on any atom is 0.323 e. The Labute approximate surface area is 117 Å². The van der Waals surface area contributed by atoms with Gasteiger partial charge in [0, 0.05) is 24.8 Å². The average Bonchev–Trinajstić information content (AvgIpc) is 2.82. The number of aliphatic carboxylic acids is 1. The van der Waals surface area contributed by atoms with Gasteiger partial charge in [-0.2, -0.15) is 0 Å². The topological polar surface area (TPSA) is 100 Å². The van der Waals surface area contributed by atoms with E-state index in [9.17, 15) is 9.59 Å². The van der Waals surface area contributed by atoms with Gasteiger partial charge in [-0.1, -0.05) is 5.21 Å². The largest absolute Gasteiger partial charge is 0.480 e. The molecule has 1 heterocycles. The van der Waals surface area contributed by atoms with Crippen molar-refractivity contribution in [2.24, 2.45) is 0 Å². The van der Waals surface area contributed by atoms with E-state index in [0.29, 0.717) is 19.5 Å². The summed E-state index contributed by atoms with van der Waals surface area (Å²) in [5, 5.41) is 19.1. The normalized spacial score (nSPS) is 11.2. The van der Waals surface area contributed by atoms with Gasteiger partial charge < -0.3 is 15.3 Å². The van der Waals surface area contributed by atoms with Crippen molar-refractivity contribution < 1.29 is 14.7 Å². The number of rotatable bonds is 6. The molecule has 0 aromatic carbocycles. The molecule has 0 aliphatic rings. The van der Waals surface area contributed by atoms with Crippen LogP contribution in [0.1, 0.15) is 27.2 Å². The molecule has 1 aromatic rings. The molecule has 8 nitrogen and oxygen atoms in total. The fourth-order valence-electron chi connectivity index (χ4n) is 1.63. The molecule has 1 rings (SSSR count). The summed E-state index contributed by atoms with van der Waals surface area (Å²) < 4.78 is 1.67. The highest BCUT2D eigenvalue weighted by atomic mass is 16.4. The first kappa shape index (κ1) is 15.9. The van der Waals surface area contributed by atoms with Gasteiger partial charge in [-0.05, 0) is 27.2 Å². The van der Waals surface area contributed by atoms with E-state index in [1.54, 1.807) is 37.8 Å². The monoisotopic (exact) mass is 283 g/mol. The highest BCUT2D eigenvalue weighted by Gasteiger charge is 2.27. The van der Waals surface area contributed by atoms with E-state index in [4.69, 9.17) is 5.11 Å². The van der Waals surface area contributed by atoms with Crippen LogP contribution in [0.15, 0.2) is 12.4 Å². The number of carbonyl (C=O) groups excluding carboxylic acids is 1. The van der Waals surface area contributed by atoms with Gasteiger partial charge in [-0.3, -0.25) is 9.48 Å². The third-order valence-electron chi connectivity index (χ3n) is 2.66. The van der Waals surface area contributed by atoms with E-state index >= 15 is 0 Å². The minimum atomic E-state index is -1.03. The molecule has 0 atom stereocenters. The van der Waals surface area contributed by atoms with Crippen LogP contribution in [-0.2, 0) is 11.3 Å². The number of carboxylic acid groups (broad SMARTS) is 1. The predicted molar refractivity (Wildman–Crippen MR) is 72.1 cm³/mol. The summed E-state index contributed by atoms with van der Waals surface area (Å²) in [6, 6.07) is -0.376. The van der Waals surface area contributed by atoms with Gasteiger partial charge in [-0.25, -0.2) is 4.79 Å². The summed E-state index contributed by atoms with van der Waals surface area (Å²) in [7, 11) is 0. The smallest absolute Gasteiger partial charge is 0.323 e. The fourth-order valence-corrected chi connectivity index (χ4v) is 1.63. The van der Waals surface area contributed by atoms with E-state index in [-0.39, 0.29) is 12.6 Å². The van der Waals surface area contributed by atoms with Crippen LogP contribution in [0, 0.1) is 0 Å². The van der Waals surface area contributed by atoms with Gasteiger partial charge in [0.15, 0.2) is 0 Å². The van der Waals surface area contributed by atoms with Crippen molar-refractivity contribution in [3.8, 4) is 0 Å². The average molecular weight is 283 g/mol. The summed E-state index contributed by atoms with van der Waals surface area (Å²) in [4.78, 5) is 24.1. The van der Waals surface area contributed by atoms with Crippen LogP contribution in [0.4, 0.5) is 4.79 Å². The van der Waals surface area contributed by atoms with Gasteiger partial charge in [0.1, 0.15) is 6.54 Å². The lowest BCUT2D eigenvalue weighted by Gasteiger charge is -2.34. The molecular formula is C12H21N5O3. The Balaban J connectivity index is 2.40. The minimum Gasteiger partial charge on any atom is -0.480 e. The second-order valence-corrected chi connectivity index (χ2v) is 5.40. The first-order valence-corrected chi connectivity index (χ1v) is 6.42. The summed E-state index contributed by atoms with van der Waals surface area (Å²) in [5.74, 6) is -1.03. The molecule has 2 amide bonds. The zero-order valence-electron chi connectivity index (χ0n) is 12.0. The lowest BCUT2D eigenvalue weighted by Crippen LogP contribution is -2.52. The Morgan fingerprint density at radius 3 is 2.60 bits per heavy atom. The maximum absolute atomic E-state index is 12.0. The Bertz CT molecular complexity index is 438. The van der Waals surface area contributed by atoms with Crippen LogP contribution in [0.5, 0.6) is 0 Å². The summed E-state index contributed by atoms with van der Waals surface area (Å²) in [5.41, 5.74) is -0.547. The number of hydrogen-bond donors (Lipinski definition) is 2. The van der Waals surface area contributed by atoms with Crippen LogP contribution < -0.4 is 5.32 Å². The Kier molecular flexibility index (Phi) is 5.48. The number of aryl methyl sites for hydroxylation is 1. The lowest BCUT2D eigenvalue weighted by molar-refractivity contribution is -0.138. The number of nitrogens with one attached hydrogen (secondary N) is 1. The maximum atomic E-state index is 12.0. The highest BCUT2D eigenvalue weighted by Crippen LogP contribution is 2.12. The summed E-state index contributed by atoms with van der Waals surface area (Å²) in [6.45, 7) is 6.17. The molecule has 0 aliphatic carbocycles. The second kappa shape index (κ2) is 6.88. The molecule has 0 saturated carbocycles. The minimum absolute atomic E-state index is 0.321. The fraction of sp³-hybridized carbons (Fsp3) is 0.667. The molecule has 0 spiro atoms. The molecule has 2 N–H and O–H groups in total. The standard InChI is InChI=1S/C12H21N5O3/c1-12(2,3)17(9-10(18)19)11(20)13-5-4-7-16-8-6-14-15-16/h6,8H,4-5,7,9H2,1-3H3,(H,13,20)(H,18,19). The third kappa shape index (κ3) is 5.25. The summed E-state index contributed by atoms with van der Waals surface area (Å²) >= 11 is 0. The van der Waals surface area contributed by atoms with Crippen LogP contribution in [0.2, 0.25) is 0 Å². The Morgan fingerprint density at radius 1 is 1.40 bits per heavy atom. The van der Waals surface area contributed by atoms with E-state index in [2.05, 4.69) is 15.6 Å². The van der Waals surface area contributed by atoms with Crippen LogP contribution in [0.25, 0.3) is 0 Å². The van der Waals surface area contributed by atoms with Gasteiger partial charge in [0.2, 0.25) is 0 Å². The van der Waals surface area contributed by atoms with Crippen molar-refractivity contribution in [3.63, 3.8) is 0 Å². The van der Waals surface area contributed by atoms with E-state index < -0.39 is 11.5 Å². The molecule has 0 radical (unpaired) electrons. The number of aromatic nitrogens is 3. The van der Waals surface area contributed by atoms with Gasteiger partial charge in [-0.15, -0.1) is 5.10 Å². The molecule has 0 unspecified atom stereocenters. The number of hydrogen-bond acceptors (Lipinski definition) is 4. The SMILES string of the molecule is CC(C)(C)N(CC(=O)O)C(=O)NCCCn1ccnn1. The van der Waals surface area contributed by atoms with Crippen molar-refractivity contribution in [3.05, 3.63) is 12.4 Å². The molecule has 0 fully saturated rings. The van der Waals surface area contributed by atoms with Crippen molar-refractivity contribution in [2.45, 2.75) is 39.3 Å². The van der Waals surface area contributed by atoms with Crippen molar-refractivity contribution >= 4 is 12.0 Å². The summed E-state index contributed by atoms with van der Waals surface area (Å²) in [6.07, 6.45) is 4.03. The molecule has 0 saturated heterocycles. The van der Waals surface area contributed by atoms with Crippen molar-refractivity contribution in [2.75, 3.05) is 13.1 Å². The number of amides is 2. The molecule has 112 valence electrons. The van der Waals surface area contributed by atoms with E-state index in [1.807, 2.05) is 0 Å². The molecule has 1 aromatic heterocycles. The second-order valence-electron chi connectivity index (χ2n) is 5.40. The van der Waals surface area contributed by atoms with Gasteiger partial charge in [0.05, 0.1) is 6.20 Å². The molecule has 20 heavy (non-hydrogen) atoms. The molecule has 0 aliphatic heterocycles. The number of carbonyl (C=O) groups is 2. The lowest BCUT2D eigenvalue weighted by atomic mass is 10.1. The van der Waals surface area contributed by atoms with Gasteiger partial charge >= 0.3 is 12.0 Å². The molecule has 0 bridgehead atoms. The Morgan fingerprint density at radius 2 is 2.10 bits per heavy atom. The number of urea groups is 1. The highest BCUT2D eigenvalue weighted by molar-refractivity contribution is 5.80. The zero-order valence-corrected chi connectivity index (χ0v) is 12.0. The Hall–Kier alpha value is -2.12. The third-order valence-corrected chi connectivity index (χ3v) is 2.66. The number of nitrogens with zero attached hydrogens (tertiary/aromatic N) is 4. The first-order chi connectivity index (χ1) is 9.30. The van der Waals surface area contributed by atoms with E-state index in [1.165, 1.54) is 4.90 Å².